The van der Waals surface area contributed by atoms with Gasteiger partial charge >= 0.3 is 12.1 Å². The van der Waals surface area contributed by atoms with Gasteiger partial charge in [0.25, 0.3) is 5.91 Å². The highest BCUT2D eigenvalue weighted by molar-refractivity contribution is 6.04. The summed E-state index contributed by atoms with van der Waals surface area (Å²) in [5, 5.41) is 10.6. The van der Waals surface area contributed by atoms with Crippen LogP contribution in [0.15, 0.2) is 40.8 Å². The van der Waals surface area contributed by atoms with Crippen LogP contribution in [-0.4, -0.2) is 17.4 Å². The fourth-order valence-electron chi connectivity index (χ4n) is 1.95. The minimum Gasteiger partial charge on any atom is -0.395 e. The molecule has 0 saturated heterocycles. The Kier molecular flexibility index (Phi) is 4.39. The molecule has 0 aliphatic heterocycles. The third-order valence-corrected chi connectivity index (χ3v) is 3.05. The van der Waals surface area contributed by atoms with E-state index in [1.165, 1.54) is 0 Å². The van der Waals surface area contributed by atoms with E-state index in [0.717, 1.165) is 41.3 Å². The molecule has 0 bridgehead atoms. The molecular formula is C14H11F3N2O4. The Morgan fingerprint density at radius 3 is 2.26 bits per heavy atom. The van der Waals surface area contributed by atoms with Gasteiger partial charge in [-0.2, -0.15) is 13.2 Å². The van der Waals surface area contributed by atoms with Crippen LogP contribution >= 0.6 is 0 Å². The van der Waals surface area contributed by atoms with Crippen LogP contribution in [0.1, 0.15) is 23.0 Å². The van der Waals surface area contributed by atoms with E-state index < -0.39 is 28.5 Å². The maximum absolute atomic E-state index is 12.5. The van der Waals surface area contributed by atoms with E-state index in [2.05, 4.69) is 0 Å². The summed E-state index contributed by atoms with van der Waals surface area (Å²) < 4.78 is 42.5. The van der Waals surface area contributed by atoms with Crippen molar-refractivity contribution in [3.8, 4) is 0 Å². The first kappa shape index (κ1) is 16.5. The number of nitrogens with zero attached hydrogens (tertiary/aromatic N) is 2. The predicted molar refractivity (Wildman–Crippen MR) is 74.2 cm³/mol. The van der Waals surface area contributed by atoms with Crippen LogP contribution in [0.3, 0.4) is 0 Å². The van der Waals surface area contributed by atoms with Gasteiger partial charge in [0.2, 0.25) is 0 Å². The van der Waals surface area contributed by atoms with Gasteiger partial charge in [-0.25, -0.2) is 0 Å². The number of furan rings is 1. The summed E-state index contributed by atoms with van der Waals surface area (Å²) in [5.74, 6) is -1.53. The number of halogens is 3. The Balaban J connectivity index is 2.27. The molecule has 0 N–H and O–H groups in total. The van der Waals surface area contributed by atoms with Crippen LogP contribution in [0, 0.1) is 10.1 Å². The molecule has 1 heterocycles. The van der Waals surface area contributed by atoms with Crippen molar-refractivity contribution in [2.45, 2.75) is 13.1 Å². The number of carbonyl (C=O) groups excluding carboxylic acids is 1. The first-order chi connectivity index (χ1) is 10.7. The Hall–Kier alpha value is -2.84. The van der Waals surface area contributed by atoms with Crippen LogP contribution in [0.25, 0.3) is 0 Å². The second-order valence-electron chi connectivity index (χ2n) is 4.49. The quantitative estimate of drug-likeness (QED) is 0.630. The van der Waals surface area contributed by atoms with Crippen molar-refractivity contribution in [2.75, 3.05) is 11.4 Å². The molecular weight excluding hydrogens is 317 g/mol. The van der Waals surface area contributed by atoms with Gasteiger partial charge in [-0.05, 0) is 37.3 Å². The minimum absolute atomic E-state index is 0.151. The summed E-state index contributed by atoms with van der Waals surface area (Å²) >= 11 is 0. The molecule has 23 heavy (non-hydrogen) atoms. The van der Waals surface area contributed by atoms with E-state index in [1.54, 1.807) is 6.92 Å². The molecule has 1 aromatic carbocycles. The molecule has 0 aliphatic rings. The average Bonchev–Trinajstić information content (AvgIpc) is 2.97. The molecule has 1 aromatic heterocycles. The van der Waals surface area contributed by atoms with Crippen molar-refractivity contribution in [3.63, 3.8) is 0 Å². The van der Waals surface area contributed by atoms with E-state index >= 15 is 0 Å². The largest absolute Gasteiger partial charge is 0.433 e. The number of rotatable bonds is 4. The third-order valence-electron chi connectivity index (χ3n) is 3.05. The Bertz CT molecular complexity index is 722. The summed E-state index contributed by atoms with van der Waals surface area (Å²) in [6.07, 6.45) is -4.47. The molecule has 0 spiro atoms. The number of nitro groups is 1. The standard InChI is InChI=1S/C14H11F3N2O4/c1-2-18(10-5-3-9(4-6-10)14(15,16)17)13(20)11-7-8-12(23-11)19(21)22/h3-8H,2H2,1H3. The van der Waals surface area contributed by atoms with Gasteiger partial charge in [0.1, 0.15) is 4.92 Å². The van der Waals surface area contributed by atoms with E-state index in [1.807, 2.05) is 0 Å². The number of hydrogen-bond acceptors (Lipinski definition) is 4. The molecule has 1 amide bonds. The van der Waals surface area contributed by atoms with Gasteiger partial charge in [0.05, 0.1) is 11.6 Å². The summed E-state index contributed by atoms with van der Waals surface area (Å²) in [4.78, 5) is 23.2. The lowest BCUT2D eigenvalue weighted by atomic mass is 10.2. The van der Waals surface area contributed by atoms with Crippen LogP contribution in [0.4, 0.5) is 24.7 Å². The second kappa shape index (κ2) is 6.11. The van der Waals surface area contributed by atoms with Crippen LogP contribution < -0.4 is 4.90 Å². The highest BCUT2D eigenvalue weighted by atomic mass is 19.4. The second-order valence-corrected chi connectivity index (χ2v) is 4.49. The molecule has 9 heteroatoms. The normalized spacial score (nSPS) is 11.3. The van der Waals surface area contributed by atoms with Crippen molar-refractivity contribution in [1.82, 2.24) is 0 Å². The maximum atomic E-state index is 12.5. The van der Waals surface area contributed by atoms with Gasteiger partial charge in [-0.1, -0.05) is 0 Å². The summed E-state index contributed by atoms with van der Waals surface area (Å²) in [5.41, 5.74) is -0.608. The van der Waals surface area contributed by atoms with Gasteiger partial charge < -0.3 is 9.32 Å². The molecule has 0 atom stereocenters. The van der Waals surface area contributed by atoms with Crippen LogP contribution in [-0.2, 0) is 6.18 Å². The van der Waals surface area contributed by atoms with Crippen LogP contribution in [0.2, 0.25) is 0 Å². The number of benzene rings is 1. The van der Waals surface area contributed by atoms with Crippen molar-refractivity contribution < 1.29 is 27.3 Å². The first-order valence-electron chi connectivity index (χ1n) is 6.47. The zero-order chi connectivity index (χ0) is 17.2. The molecule has 0 saturated carbocycles. The predicted octanol–water partition coefficient (Wildman–Crippen LogP) is 3.87. The minimum atomic E-state index is -4.47. The molecule has 0 fully saturated rings. The number of anilines is 1. The molecule has 6 nitrogen and oxygen atoms in total. The fraction of sp³-hybridized carbons (Fsp3) is 0.214. The molecule has 0 unspecified atom stereocenters. The summed E-state index contributed by atoms with van der Waals surface area (Å²) in [6.45, 7) is 1.77. The topological polar surface area (TPSA) is 76.6 Å². The van der Waals surface area contributed by atoms with E-state index in [-0.39, 0.29) is 18.0 Å². The molecule has 2 rings (SSSR count). The number of alkyl halides is 3. The first-order valence-corrected chi connectivity index (χ1v) is 6.47. The van der Waals surface area contributed by atoms with Crippen molar-refractivity contribution >= 4 is 17.5 Å². The Morgan fingerprint density at radius 2 is 1.83 bits per heavy atom. The third kappa shape index (κ3) is 3.50. The number of amides is 1. The Morgan fingerprint density at radius 1 is 1.22 bits per heavy atom. The highest BCUT2D eigenvalue weighted by Gasteiger charge is 2.30. The van der Waals surface area contributed by atoms with E-state index in [0.29, 0.717) is 0 Å². The number of hydrogen-bond donors (Lipinski definition) is 0. The lowest BCUT2D eigenvalue weighted by Gasteiger charge is -2.20. The lowest BCUT2D eigenvalue weighted by molar-refractivity contribution is -0.402. The lowest BCUT2D eigenvalue weighted by Crippen LogP contribution is -2.30. The van der Waals surface area contributed by atoms with Crippen LogP contribution in [0.5, 0.6) is 0 Å². The monoisotopic (exact) mass is 328 g/mol. The highest BCUT2D eigenvalue weighted by Crippen LogP contribution is 2.31. The maximum Gasteiger partial charge on any atom is 0.433 e. The van der Waals surface area contributed by atoms with Gasteiger partial charge in [-0.15, -0.1) is 0 Å². The fourth-order valence-corrected chi connectivity index (χ4v) is 1.95. The number of carbonyl (C=O) groups is 1. The Labute approximate surface area is 128 Å². The molecule has 0 aliphatic carbocycles. The van der Waals surface area contributed by atoms with Gasteiger partial charge in [0, 0.05) is 12.2 Å². The average molecular weight is 328 g/mol. The molecule has 122 valence electrons. The smallest absolute Gasteiger partial charge is 0.395 e. The van der Waals surface area contributed by atoms with Gasteiger partial charge in [0.15, 0.2) is 5.76 Å². The van der Waals surface area contributed by atoms with E-state index in [4.69, 9.17) is 4.42 Å². The van der Waals surface area contributed by atoms with Gasteiger partial charge in [-0.3, -0.25) is 14.9 Å². The SMILES string of the molecule is CCN(C(=O)c1ccc([N+](=O)[O-])o1)c1ccc(C(F)(F)F)cc1. The molecule has 2 aromatic rings. The zero-order valence-electron chi connectivity index (χ0n) is 11.8. The van der Waals surface area contributed by atoms with Crippen molar-refractivity contribution in [2.24, 2.45) is 0 Å². The van der Waals surface area contributed by atoms with Crippen molar-refractivity contribution in [3.05, 3.63) is 57.8 Å². The van der Waals surface area contributed by atoms with E-state index in [9.17, 15) is 28.1 Å². The molecule has 0 radical (unpaired) electrons. The summed E-state index contributed by atoms with van der Waals surface area (Å²) in [7, 11) is 0. The zero-order valence-corrected chi connectivity index (χ0v) is 11.8. The van der Waals surface area contributed by atoms with Crippen molar-refractivity contribution in [1.29, 1.82) is 0 Å². The summed E-state index contributed by atoms with van der Waals surface area (Å²) in [6, 6.07) is 6.20.